The number of nitrogens with zero attached hydrogens (tertiary/aromatic N) is 1. The molecule has 2 aromatic heterocycles. The lowest BCUT2D eigenvalue weighted by Crippen LogP contribution is -2.23. The van der Waals surface area contributed by atoms with Crippen LogP contribution in [0.1, 0.15) is 53.6 Å². The van der Waals surface area contributed by atoms with Gasteiger partial charge in [-0.05, 0) is 73.3 Å². The summed E-state index contributed by atoms with van der Waals surface area (Å²) >= 11 is 0. The number of nitrogens with one attached hydrogen (secondary N) is 2. The minimum Gasteiger partial charge on any atom is -0.497 e. The van der Waals surface area contributed by atoms with Gasteiger partial charge < -0.3 is 20.8 Å². The summed E-state index contributed by atoms with van der Waals surface area (Å²) in [5.41, 5.74) is 10.2. The van der Waals surface area contributed by atoms with E-state index in [-0.39, 0.29) is 24.5 Å². The number of ketones is 1. The molecule has 1 amide bonds. The molecule has 0 bridgehead atoms. The van der Waals surface area contributed by atoms with Gasteiger partial charge in [0.2, 0.25) is 5.91 Å². The fourth-order valence-corrected chi connectivity index (χ4v) is 4.31. The molecule has 0 aliphatic heterocycles. The van der Waals surface area contributed by atoms with Crippen LogP contribution in [-0.2, 0) is 17.8 Å². The highest BCUT2D eigenvalue weighted by Crippen LogP contribution is 2.29. The summed E-state index contributed by atoms with van der Waals surface area (Å²) in [5, 5.41) is 4.94. The number of H-pyrrole nitrogens is 1. The van der Waals surface area contributed by atoms with Crippen molar-refractivity contribution in [1.82, 2.24) is 15.3 Å². The normalized spacial score (nSPS) is 11.1. The van der Waals surface area contributed by atoms with Gasteiger partial charge in [0.1, 0.15) is 11.4 Å². The first-order valence-electron chi connectivity index (χ1n) is 12.1. The van der Waals surface area contributed by atoms with Crippen LogP contribution in [0.15, 0.2) is 54.7 Å². The van der Waals surface area contributed by atoms with Crippen molar-refractivity contribution in [2.75, 3.05) is 13.7 Å². The van der Waals surface area contributed by atoms with Gasteiger partial charge in [-0.1, -0.05) is 18.6 Å². The first-order valence-corrected chi connectivity index (χ1v) is 12.1. The molecule has 35 heavy (non-hydrogen) atoms. The standard InChI is InChI=1S/C28H32N4O3/c1-35-22-9-6-19(7-10-22)18-31-26(34)13-12-25(33)21-8-11-24-23(17-21)27-20(5-3-2-4-15-29)14-16-30-28(27)32-24/h6-11,14,16-17H,2-5,12-13,15,18,29H2,1H3,(H,30,32)(H,31,34). The SMILES string of the molecule is COc1ccc(CNC(=O)CCC(=O)c2ccc3[nH]c4nccc(CCCCCN)c4c3c2)cc1. The molecular formula is C28H32N4O3. The minimum atomic E-state index is -0.147. The molecule has 4 N–H and O–H groups in total. The lowest BCUT2D eigenvalue weighted by atomic mass is 10.00. The molecule has 0 fully saturated rings. The number of aryl methyl sites for hydroxylation is 1. The number of hydrogen-bond acceptors (Lipinski definition) is 5. The van der Waals surface area contributed by atoms with Gasteiger partial charge in [0.05, 0.1) is 7.11 Å². The van der Waals surface area contributed by atoms with Crippen LogP contribution in [0, 0.1) is 0 Å². The van der Waals surface area contributed by atoms with E-state index in [4.69, 9.17) is 10.5 Å². The molecule has 0 aliphatic rings. The number of benzene rings is 2. The van der Waals surface area contributed by atoms with E-state index in [1.165, 1.54) is 5.56 Å². The Hall–Kier alpha value is -3.71. The number of amides is 1. The monoisotopic (exact) mass is 472 g/mol. The van der Waals surface area contributed by atoms with Crippen molar-refractivity contribution in [2.24, 2.45) is 5.73 Å². The second kappa shape index (κ2) is 11.6. The van der Waals surface area contributed by atoms with E-state index in [9.17, 15) is 9.59 Å². The highest BCUT2D eigenvalue weighted by molar-refractivity contribution is 6.10. The van der Waals surface area contributed by atoms with Crippen LogP contribution in [0.2, 0.25) is 0 Å². The molecule has 7 nitrogen and oxygen atoms in total. The third-order valence-corrected chi connectivity index (χ3v) is 6.28. The van der Waals surface area contributed by atoms with Crippen LogP contribution in [0.5, 0.6) is 5.75 Å². The lowest BCUT2D eigenvalue weighted by Gasteiger charge is -2.07. The fraction of sp³-hybridized carbons (Fsp3) is 0.321. The average molecular weight is 473 g/mol. The molecule has 2 heterocycles. The van der Waals surface area contributed by atoms with E-state index in [0.29, 0.717) is 18.7 Å². The highest BCUT2D eigenvalue weighted by Gasteiger charge is 2.14. The second-order valence-corrected chi connectivity index (χ2v) is 8.73. The van der Waals surface area contributed by atoms with Gasteiger partial charge in [0.25, 0.3) is 0 Å². The number of carbonyl (C=O) groups excluding carboxylic acids is 2. The Balaban J connectivity index is 1.40. The summed E-state index contributed by atoms with van der Waals surface area (Å²) < 4.78 is 5.15. The van der Waals surface area contributed by atoms with Crippen molar-refractivity contribution in [1.29, 1.82) is 0 Å². The van der Waals surface area contributed by atoms with Crippen molar-refractivity contribution in [3.8, 4) is 5.75 Å². The number of rotatable bonds is 12. The van der Waals surface area contributed by atoms with E-state index in [1.54, 1.807) is 7.11 Å². The summed E-state index contributed by atoms with van der Waals surface area (Å²) in [4.78, 5) is 33.1. The second-order valence-electron chi connectivity index (χ2n) is 8.73. The number of aromatic amines is 1. The van der Waals surface area contributed by atoms with Crippen LogP contribution < -0.4 is 15.8 Å². The molecule has 4 rings (SSSR count). The third kappa shape index (κ3) is 6.05. The van der Waals surface area contributed by atoms with Crippen molar-refractivity contribution in [3.05, 3.63) is 71.4 Å². The summed E-state index contributed by atoms with van der Waals surface area (Å²) in [6.07, 6.45) is 6.25. The van der Waals surface area contributed by atoms with Crippen LogP contribution >= 0.6 is 0 Å². The Kier molecular flexibility index (Phi) is 8.11. The zero-order valence-corrected chi connectivity index (χ0v) is 20.1. The maximum atomic E-state index is 12.9. The topological polar surface area (TPSA) is 110 Å². The first kappa shape index (κ1) is 24.4. The number of unbranched alkanes of at least 4 members (excludes halogenated alkanes) is 2. The van der Waals surface area contributed by atoms with Crippen LogP contribution in [-0.4, -0.2) is 35.3 Å². The van der Waals surface area contributed by atoms with Gasteiger partial charge in [-0.25, -0.2) is 4.98 Å². The van der Waals surface area contributed by atoms with Crippen LogP contribution in [0.25, 0.3) is 21.9 Å². The zero-order valence-electron chi connectivity index (χ0n) is 20.1. The molecule has 0 spiro atoms. The van der Waals surface area contributed by atoms with Gasteiger partial charge in [0, 0.05) is 47.4 Å². The predicted molar refractivity (Wildman–Crippen MR) is 139 cm³/mol. The first-order chi connectivity index (χ1) is 17.1. The summed E-state index contributed by atoms with van der Waals surface area (Å²) in [6.45, 7) is 1.13. The number of methoxy groups -OCH3 is 1. The zero-order chi connectivity index (χ0) is 24.6. The fourth-order valence-electron chi connectivity index (χ4n) is 4.31. The molecular weight excluding hydrogens is 440 g/mol. The Bertz CT molecular complexity index is 1310. The van der Waals surface area contributed by atoms with Gasteiger partial charge in [-0.2, -0.15) is 0 Å². The van der Waals surface area contributed by atoms with Crippen LogP contribution in [0.4, 0.5) is 0 Å². The van der Waals surface area contributed by atoms with E-state index in [1.807, 2.05) is 48.7 Å². The summed E-state index contributed by atoms with van der Waals surface area (Å²) in [5.74, 6) is 0.577. The van der Waals surface area contributed by atoms with Crippen molar-refractivity contribution < 1.29 is 14.3 Å². The number of ether oxygens (including phenoxy) is 1. The number of carbonyl (C=O) groups is 2. The van der Waals surface area contributed by atoms with Crippen molar-refractivity contribution in [3.63, 3.8) is 0 Å². The lowest BCUT2D eigenvalue weighted by molar-refractivity contribution is -0.121. The molecule has 0 atom stereocenters. The number of Topliss-reactive ketones (excluding diaryl/α,β-unsaturated/α-hetero) is 1. The molecule has 0 aliphatic carbocycles. The smallest absolute Gasteiger partial charge is 0.220 e. The van der Waals surface area contributed by atoms with Gasteiger partial charge >= 0.3 is 0 Å². The maximum absolute atomic E-state index is 12.9. The molecule has 4 aromatic rings. The predicted octanol–water partition coefficient (Wildman–Crippen LogP) is 4.68. The number of nitrogens with two attached hydrogens (primary N) is 1. The number of pyridine rings is 1. The Morgan fingerprint density at radius 3 is 2.63 bits per heavy atom. The third-order valence-electron chi connectivity index (χ3n) is 6.28. The van der Waals surface area contributed by atoms with E-state index >= 15 is 0 Å². The number of aromatic nitrogens is 2. The van der Waals surface area contributed by atoms with Crippen molar-refractivity contribution >= 4 is 33.6 Å². The Morgan fingerprint density at radius 1 is 1.03 bits per heavy atom. The number of hydrogen-bond donors (Lipinski definition) is 3. The van der Waals surface area contributed by atoms with Gasteiger partial charge in [0.15, 0.2) is 5.78 Å². The Morgan fingerprint density at radius 2 is 1.86 bits per heavy atom. The molecule has 2 aromatic carbocycles. The Labute approximate surface area is 205 Å². The molecule has 0 saturated carbocycles. The quantitative estimate of drug-likeness (QED) is 0.205. The molecule has 0 saturated heterocycles. The summed E-state index contributed by atoms with van der Waals surface area (Å²) in [6, 6.07) is 15.2. The van der Waals surface area contributed by atoms with E-state index in [0.717, 1.165) is 58.9 Å². The van der Waals surface area contributed by atoms with Gasteiger partial charge in [-0.3, -0.25) is 9.59 Å². The largest absolute Gasteiger partial charge is 0.497 e. The highest BCUT2D eigenvalue weighted by atomic mass is 16.5. The van der Waals surface area contributed by atoms with Crippen LogP contribution in [0.3, 0.4) is 0 Å². The molecule has 0 unspecified atom stereocenters. The van der Waals surface area contributed by atoms with Gasteiger partial charge in [-0.15, -0.1) is 0 Å². The van der Waals surface area contributed by atoms with E-state index in [2.05, 4.69) is 21.4 Å². The molecule has 182 valence electrons. The average Bonchev–Trinajstić information content (AvgIpc) is 3.27. The maximum Gasteiger partial charge on any atom is 0.220 e. The van der Waals surface area contributed by atoms with E-state index < -0.39 is 0 Å². The summed E-state index contributed by atoms with van der Waals surface area (Å²) in [7, 11) is 1.62. The number of fused-ring (bicyclic) bond motifs is 3. The van der Waals surface area contributed by atoms with Crippen molar-refractivity contribution in [2.45, 2.75) is 45.1 Å². The molecule has 7 heteroatoms. The molecule has 0 radical (unpaired) electrons. The minimum absolute atomic E-state index is 0.0470.